The van der Waals surface area contributed by atoms with E-state index in [1.165, 1.54) is 0 Å². The van der Waals surface area contributed by atoms with Crippen LogP contribution in [0.2, 0.25) is 5.02 Å². The molecule has 0 amide bonds. The molecule has 0 unspecified atom stereocenters. The largest absolute Gasteiger partial charge is 0.485 e. The van der Waals surface area contributed by atoms with E-state index < -0.39 is 0 Å². The standard InChI is InChI=1S/C16H13ClO2/c1-11-5-2-3-8-15(11)18-10-13-9-12-6-4-7-14(17)16(12)19-13/h2-9H,10H2,1H3. The summed E-state index contributed by atoms with van der Waals surface area (Å²) in [6.45, 7) is 2.42. The lowest BCUT2D eigenvalue weighted by molar-refractivity contribution is 0.273. The molecule has 2 aromatic carbocycles. The molecule has 0 aliphatic carbocycles. The average Bonchev–Trinajstić information content (AvgIpc) is 2.82. The van der Waals surface area contributed by atoms with Crippen LogP contribution < -0.4 is 4.74 Å². The molecule has 96 valence electrons. The maximum atomic E-state index is 6.08. The van der Waals surface area contributed by atoms with Crippen molar-refractivity contribution >= 4 is 22.6 Å². The van der Waals surface area contributed by atoms with Gasteiger partial charge in [-0.1, -0.05) is 41.9 Å². The van der Waals surface area contributed by atoms with E-state index in [9.17, 15) is 0 Å². The molecule has 0 atom stereocenters. The second kappa shape index (κ2) is 4.98. The van der Waals surface area contributed by atoms with Gasteiger partial charge < -0.3 is 9.15 Å². The molecule has 0 bridgehead atoms. The van der Waals surface area contributed by atoms with Crippen molar-refractivity contribution in [3.63, 3.8) is 0 Å². The van der Waals surface area contributed by atoms with Crippen molar-refractivity contribution in [3.05, 3.63) is 64.9 Å². The molecular formula is C16H13ClO2. The van der Waals surface area contributed by atoms with Gasteiger partial charge >= 0.3 is 0 Å². The molecule has 0 spiro atoms. The zero-order valence-electron chi connectivity index (χ0n) is 10.5. The predicted octanol–water partition coefficient (Wildman–Crippen LogP) is 4.97. The number of fused-ring (bicyclic) bond motifs is 1. The second-order valence-electron chi connectivity index (χ2n) is 4.43. The molecule has 19 heavy (non-hydrogen) atoms. The van der Waals surface area contributed by atoms with Crippen LogP contribution in [0.25, 0.3) is 11.0 Å². The summed E-state index contributed by atoms with van der Waals surface area (Å²) in [6.07, 6.45) is 0. The predicted molar refractivity (Wildman–Crippen MR) is 76.7 cm³/mol. The Balaban J connectivity index is 1.83. The van der Waals surface area contributed by atoms with Crippen molar-refractivity contribution in [1.82, 2.24) is 0 Å². The summed E-state index contributed by atoms with van der Waals surface area (Å²) in [5, 5.41) is 1.62. The van der Waals surface area contributed by atoms with Crippen molar-refractivity contribution in [2.75, 3.05) is 0 Å². The Bertz CT molecular complexity index is 716. The number of furan rings is 1. The van der Waals surface area contributed by atoms with Gasteiger partial charge in [0.25, 0.3) is 0 Å². The average molecular weight is 273 g/mol. The number of hydrogen-bond donors (Lipinski definition) is 0. The Morgan fingerprint density at radius 1 is 1.11 bits per heavy atom. The summed E-state index contributed by atoms with van der Waals surface area (Å²) < 4.78 is 11.5. The van der Waals surface area contributed by atoms with E-state index in [4.69, 9.17) is 20.8 Å². The van der Waals surface area contributed by atoms with E-state index in [0.29, 0.717) is 17.2 Å². The van der Waals surface area contributed by atoms with Crippen LogP contribution in [-0.4, -0.2) is 0 Å². The highest BCUT2D eigenvalue weighted by atomic mass is 35.5. The van der Waals surface area contributed by atoms with E-state index >= 15 is 0 Å². The first-order valence-corrected chi connectivity index (χ1v) is 6.47. The Hall–Kier alpha value is -1.93. The number of para-hydroxylation sites is 2. The van der Waals surface area contributed by atoms with Crippen molar-refractivity contribution in [2.45, 2.75) is 13.5 Å². The van der Waals surface area contributed by atoms with Crippen LogP contribution in [0.15, 0.2) is 52.9 Å². The molecule has 0 saturated heterocycles. The Kier molecular flexibility index (Phi) is 3.18. The molecule has 1 aromatic heterocycles. The van der Waals surface area contributed by atoms with E-state index in [2.05, 4.69) is 0 Å². The van der Waals surface area contributed by atoms with E-state index in [0.717, 1.165) is 22.5 Å². The Labute approximate surface area is 116 Å². The maximum absolute atomic E-state index is 6.08. The van der Waals surface area contributed by atoms with Crippen molar-refractivity contribution < 1.29 is 9.15 Å². The fraction of sp³-hybridized carbons (Fsp3) is 0.125. The molecule has 0 radical (unpaired) electrons. The van der Waals surface area contributed by atoms with Gasteiger partial charge in [0.05, 0.1) is 5.02 Å². The van der Waals surface area contributed by atoms with E-state index in [1.54, 1.807) is 0 Å². The van der Waals surface area contributed by atoms with Crippen LogP contribution in [-0.2, 0) is 6.61 Å². The van der Waals surface area contributed by atoms with Crippen LogP contribution in [0.4, 0.5) is 0 Å². The summed E-state index contributed by atoms with van der Waals surface area (Å²) in [4.78, 5) is 0. The van der Waals surface area contributed by atoms with Gasteiger partial charge in [-0.15, -0.1) is 0 Å². The number of ether oxygens (including phenoxy) is 1. The molecule has 0 N–H and O–H groups in total. The van der Waals surface area contributed by atoms with Gasteiger partial charge in [0, 0.05) is 5.39 Å². The highest BCUT2D eigenvalue weighted by Crippen LogP contribution is 2.27. The van der Waals surface area contributed by atoms with Crippen LogP contribution in [0, 0.1) is 6.92 Å². The summed E-state index contributed by atoms with van der Waals surface area (Å²) >= 11 is 6.08. The molecule has 0 fully saturated rings. The van der Waals surface area contributed by atoms with Gasteiger partial charge in [-0.3, -0.25) is 0 Å². The lowest BCUT2D eigenvalue weighted by Crippen LogP contribution is -1.95. The van der Waals surface area contributed by atoms with Gasteiger partial charge in [-0.05, 0) is 30.7 Å². The first kappa shape index (κ1) is 12.1. The lowest BCUT2D eigenvalue weighted by atomic mass is 10.2. The van der Waals surface area contributed by atoms with Crippen LogP contribution in [0.3, 0.4) is 0 Å². The molecular weight excluding hydrogens is 260 g/mol. The molecule has 3 rings (SSSR count). The molecule has 2 nitrogen and oxygen atoms in total. The third-order valence-corrected chi connectivity index (χ3v) is 3.31. The quantitative estimate of drug-likeness (QED) is 0.671. The zero-order chi connectivity index (χ0) is 13.2. The number of aryl methyl sites for hydroxylation is 1. The first-order valence-electron chi connectivity index (χ1n) is 6.09. The van der Waals surface area contributed by atoms with Gasteiger partial charge in [0.2, 0.25) is 0 Å². The molecule has 3 aromatic rings. The fourth-order valence-corrected chi connectivity index (χ4v) is 2.24. The van der Waals surface area contributed by atoms with Crippen LogP contribution in [0.5, 0.6) is 5.75 Å². The van der Waals surface area contributed by atoms with Crippen molar-refractivity contribution in [3.8, 4) is 5.75 Å². The normalized spacial score (nSPS) is 10.8. The summed E-state index contributed by atoms with van der Waals surface area (Å²) in [5.41, 5.74) is 1.82. The zero-order valence-corrected chi connectivity index (χ0v) is 11.3. The topological polar surface area (TPSA) is 22.4 Å². The van der Waals surface area contributed by atoms with Crippen molar-refractivity contribution in [2.24, 2.45) is 0 Å². The number of hydrogen-bond acceptors (Lipinski definition) is 2. The van der Waals surface area contributed by atoms with Gasteiger partial charge in [-0.2, -0.15) is 0 Å². The third-order valence-electron chi connectivity index (χ3n) is 3.01. The maximum Gasteiger partial charge on any atom is 0.153 e. The Morgan fingerprint density at radius 3 is 2.74 bits per heavy atom. The minimum atomic E-state index is 0.399. The van der Waals surface area contributed by atoms with E-state index in [-0.39, 0.29) is 0 Å². The van der Waals surface area contributed by atoms with Crippen molar-refractivity contribution in [1.29, 1.82) is 0 Å². The minimum absolute atomic E-state index is 0.399. The number of rotatable bonds is 3. The number of benzene rings is 2. The third kappa shape index (κ3) is 2.45. The molecule has 0 aliphatic rings. The molecule has 3 heteroatoms. The SMILES string of the molecule is Cc1ccccc1OCc1cc2cccc(Cl)c2o1. The number of halogens is 1. The summed E-state index contributed by atoms with van der Waals surface area (Å²) in [7, 11) is 0. The fourth-order valence-electron chi connectivity index (χ4n) is 2.02. The van der Waals surface area contributed by atoms with Gasteiger partial charge in [0.15, 0.2) is 5.58 Å². The molecule has 0 aliphatic heterocycles. The summed E-state index contributed by atoms with van der Waals surface area (Å²) in [6, 6.07) is 15.6. The van der Waals surface area contributed by atoms with Crippen LogP contribution in [0.1, 0.15) is 11.3 Å². The Morgan fingerprint density at radius 2 is 1.95 bits per heavy atom. The van der Waals surface area contributed by atoms with Gasteiger partial charge in [-0.25, -0.2) is 0 Å². The van der Waals surface area contributed by atoms with E-state index in [1.807, 2.05) is 55.5 Å². The highest BCUT2D eigenvalue weighted by Gasteiger charge is 2.07. The lowest BCUT2D eigenvalue weighted by Gasteiger charge is -2.06. The minimum Gasteiger partial charge on any atom is -0.485 e. The summed E-state index contributed by atoms with van der Waals surface area (Å²) in [5.74, 6) is 1.64. The smallest absolute Gasteiger partial charge is 0.153 e. The first-order chi connectivity index (χ1) is 9.24. The second-order valence-corrected chi connectivity index (χ2v) is 4.83. The van der Waals surface area contributed by atoms with Crippen LogP contribution >= 0.6 is 11.6 Å². The molecule has 0 saturated carbocycles. The van der Waals surface area contributed by atoms with Gasteiger partial charge in [0.1, 0.15) is 18.1 Å². The monoisotopic (exact) mass is 272 g/mol. The molecule has 1 heterocycles. The highest BCUT2D eigenvalue weighted by molar-refractivity contribution is 6.34.